The minimum atomic E-state index is -0.126. The fourth-order valence-electron chi connectivity index (χ4n) is 2.04. The van der Waals surface area contributed by atoms with Gasteiger partial charge in [-0.25, -0.2) is 0 Å². The maximum atomic E-state index is 12.0. The number of nitrogen functional groups attached to an aromatic ring is 1. The predicted molar refractivity (Wildman–Crippen MR) is 71.6 cm³/mol. The van der Waals surface area contributed by atoms with Gasteiger partial charge >= 0.3 is 0 Å². The van der Waals surface area contributed by atoms with Gasteiger partial charge in [-0.2, -0.15) is 0 Å². The highest BCUT2D eigenvalue weighted by Gasteiger charge is 2.28. The van der Waals surface area contributed by atoms with E-state index in [-0.39, 0.29) is 5.91 Å². The van der Waals surface area contributed by atoms with Crippen molar-refractivity contribution in [3.05, 3.63) is 23.8 Å². The highest BCUT2D eigenvalue weighted by molar-refractivity contribution is 5.99. The van der Waals surface area contributed by atoms with Gasteiger partial charge in [0.25, 0.3) is 5.91 Å². The molecule has 0 radical (unpaired) electrons. The van der Waals surface area contributed by atoms with Crippen LogP contribution in [-0.2, 0) is 0 Å². The lowest BCUT2D eigenvalue weighted by atomic mass is 10.1. The maximum Gasteiger partial charge on any atom is 0.253 e. The summed E-state index contributed by atoms with van der Waals surface area (Å²) in [5.41, 5.74) is 6.77. The smallest absolute Gasteiger partial charge is 0.253 e. The van der Waals surface area contributed by atoms with E-state index in [0.717, 1.165) is 5.92 Å². The summed E-state index contributed by atoms with van der Waals surface area (Å²) in [6.07, 6.45) is 2.58. The number of amides is 1. The van der Waals surface area contributed by atoms with Crippen LogP contribution in [0.15, 0.2) is 18.2 Å². The molecule has 0 aromatic heterocycles. The number of hydrogen-bond acceptors (Lipinski definition) is 3. The van der Waals surface area contributed by atoms with Crippen molar-refractivity contribution in [2.75, 3.05) is 19.4 Å². The number of hydrogen-bond donors (Lipinski definition) is 2. The van der Waals surface area contributed by atoms with E-state index in [1.165, 1.54) is 12.8 Å². The Morgan fingerprint density at radius 1 is 1.56 bits per heavy atom. The van der Waals surface area contributed by atoms with Gasteiger partial charge in [0.1, 0.15) is 5.75 Å². The van der Waals surface area contributed by atoms with Crippen molar-refractivity contribution >= 4 is 11.6 Å². The second kappa shape index (κ2) is 5.29. The number of ether oxygens (including phenoxy) is 1. The number of carbonyl (C=O) groups excluding carboxylic acids is 1. The van der Waals surface area contributed by atoms with Gasteiger partial charge in [-0.3, -0.25) is 4.79 Å². The fraction of sp³-hybridized carbons (Fsp3) is 0.500. The first-order valence-electron chi connectivity index (χ1n) is 6.33. The van der Waals surface area contributed by atoms with Crippen LogP contribution in [0.5, 0.6) is 5.75 Å². The molecule has 18 heavy (non-hydrogen) atoms. The number of methoxy groups -OCH3 is 1. The van der Waals surface area contributed by atoms with Crippen LogP contribution in [0.3, 0.4) is 0 Å². The van der Waals surface area contributed by atoms with E-state index in [0.29, 0.717) is 29.5 Å². The lowest BCUT2D eigenvalue weighted by molar-refractivity contribution is 0.0947. The molecule has 0 saturated heterocycles. The minimum absolute atomic E-state index is 0.126. The largest absolute Gasteiger partial charge is 0.497 e. The van der Waals surface area contributed by atoms with E-state index >= 15 is 0 Å². The van der Waals surface area contributed by atoms with Gasteiger partial charge in [-0.05, 0) is 42.9 Å². The van der Waals surface area contributed by atoms with Gasteiger partial charge in [0.2, 0.25) is 0 Å². The number of nitrogens with one attached hydrogen (secondary N) is 1. The molecule has 0 heterocycles. The summed E-state index contributed by atoms with van der Waals surface area (Å²) in [5, 5.41) is 2.94. The van der Waals surface area contributed by atoms with Crippen LogP contribution in [0.2, 0.25) is 0 Å². The Kier molecular flexibility index (Phi) is 3.75. The SMILES string of the molecule is COc1ccc(N)c(C(=O)NCC(C)C2CC2)c1. The summed E-state index contributed by atoms with van der Waals surface area (Å²) < 4.78 is 5.10. The van der Waals surface area contributed by atoms with Crippen molar-refractivity contribution < 1.29 is 9.53 Å². The molecule has 0 bridgehead atoms. The molecular formula is C14H20N2O2. The summed E-state index contributed by atoms with van der Waals surface area (Å²) in [4.78, 5) is 12.0. The van der Waals surface area contributed by atoms with Crippen LogP contribution < -0.4 is 15.8 Å². The molecule has 3 N–H and O–H groups in total. The molecule has 98 valence electrons. The third kappa shape index (κ3) is 2.94. The fourth-order valence-corrected chi connectivity index (χ4v) is 2.04. The molecule has 1 atom stereocenters. The zero-order chi connectivity index (χ0) is 13.1. The summed E-state index contributed by atoms with van der Waals surface area (Å²) in [6.45, 7) is 2.88. The predicted octanol–water partition coefficient (Wildman–Crippen LogP) is 2.05. The highest BCUT2D eigenvalue weighted by atomic mass is 16.5. The quantitative estimate of drug-likeness (QED) is 0.784. The molecule has 1 amide bonds. The topological polar surface area (TPSA) is 64.3 Å². The first-order valence-corrected chi connectivity index (χ1v) is 6.33. The number of benzene rings is 1. The lowest BCUT2D eigenvalue weighted by Gasteiger charge is -2.13. The third-order valence-corrected chi connectivity index (χ3v) is 3.52. The Morgan fingerprint density at radius 2 is 2.28 bits per heavy atom. The average molecular weight is 248 g/mol. The van der Waals surface area contributed by atoms with Crippen LogP contribution in [0.25, 0.3) is 0 Å². The molecule has 0 aliphatic heterocycles. The highest BCUT2D eigenvalue weighted by Crippen LogP contribution is 2.36. The number of nitrogens with two attached hydrogens (primary N) is 1. The van der Waals surface area contributed by atoms with E-state index in [9.17, 15) is 4.79 Å². The molecular weight excluding hydrogens is 228 g/mol. The standard InChI is InChI=1S/C14H20N2O2/c1-9(10-3-4-10)8-16-14(17)12-7-11(18-2)5-6-13(12)15/h5-7,9-10H,3-4,8,15H2,1-2H3,(H,16,17). The molecule has 1 aliphatic carbocycles. The van der Waals surface area contributed by atoms with Gasteiger partial charge in [-0.1, -0.05) is 6.92 Å². The second-order valence-corrected chi connectivity index (χ2v) is 4.98. The van der Waals surface area contributed by atoms with Gasteiger partial charge in [-0.15, -0.1) is 0 Å². The van der Waals surface area contributed by atoms with E-state index < -0.39 is 0 Å². The monoisotopic (exact) mass is 248 g/mol. The molecule has 1 fully saturated rings. The Hall–Kier alpha value is -1.71. The van der Waals surface area contributed by atoms with E-state index in [1.54, 1.807) is 25.3 Å². The lowest BCUT2D eigenvalue weighted by Crippen LogP contribution is -2.29. The number of carbonyl (C=O) groups is 1. The van der Waals surface area contributed by atoms with Crippen LogP contribution in [0.1, 0.15) is 30.1 Å². The molecule has 4 heteroatoms. The van der Waals surface area contributed by atoms with Crippen molar-refractivity contribution in [2.45, 2.75) is 19.8 Å². The Balaban J connectivity index is 1.98. The molecule has 1 saturated carbocycles. The summed E-state index contributed by atoms with van der Waals surface area (Å²) in [6, 6.07) is 5.11. The summed E-state index contributed by atoms with van der Waals surface area (Å²) >= 11 is 0. The van der Waals surface area contributed by atoms with Crippen LogP contribution >= 0.6 is 0 Å². The van der Waals surface area contributed by atoms with Crippen LogP contribution in [0, 0.1) is 11.8 Å². The molecule has 1 aromatic rings. The minimum Gasteiger partial charge on any atom is -0.497 e. The first kappa shape index (κ1) is 12.7. The normalized spacial score (nSPS) is 16.1. The maximum absolute atomic E-state index is 12.0. The average Bonchev–Trinajstić information content (AvgIpc) is 3.20. The van der Waals surface area contributed by atoms with E-state index in [4.69, 9.17) is 10.5 Å². The van der Waals surface area contributed by atoms with Crippen molar-refractivity contribution in [1.29, 1.82) is 0 Å². The zero-order valence-electron chi connectivity index (χ0n) is 10.9. The second-order valence-electron chi connectivity index (χ2n) is 4.98. The zero-order valence-corrected chi connectivity index (χ0v) is 10.9. The molecule has 2 rings (SSSR count). The van der Waals surface area contributed by atoms with Gasteiger partial charge in [0.15, 0.2) is 0 Å². The van der Waals surface area contributed by atoms with E-state index in [1.807, 2.05) is 0 Å². The summed E-state index contributed by atoms with van der Waals surface area (Å²) in [7, 11) is 1.57. The third-order valence-electron chi connectivity index (χ3n) is 3.52. The molecule has 1 aliphatic rings. The van der Waals surface area contributed by atoms with Crippen LogP contribution in [-0.4, -0.2) is 19.6 Å². The van der Waals surface area contributed by atoms with Crippen molar-refractivity contribution in [2.24, 2.45) is 11.8 Å². The Bertz CT molecular complexity index is 441. The van der Waals surface area contributed by atoms with E-state index in [2.05, 4.69) is 12.2 Å². The number of anilines is 1. The van der Waals surface area contributed by atoms with Gasteiger partial charge in [0.05, 0.1) is 12.7 Å². The van der Waals surface area contributed by atoms with Crippen molar-refractivity contribution in [3.63, 3.8) is 0 Å². The van der Waals surface area contributed by atoms with Crippen molar-refractivity contribution in [1.82, 2.24) is 5.32 Å². The molecule has 0 spiro atoms. The van der Waals surface area contributed by atoms with Gasteiger partial charge < -0.3 is 15.8 Å². The van der Waals surface area contributed by atoms with Crippen molar-refractivity contribution in [3.8, 4) is 5.75 Å². The Morgan fingerprint density at radius 3 is 2.89 bits per heavy atom. The first-order chi connectivity index (χ1) is 8.61. The summed E-state index contributed by atoms with van der Waals surface area (Å²) in [5.74, 6) is 1.84. The number of rotatable bonds is 5. The van der Waals surface area contributed by atoms with Crippen LogP contribution in [0.4, 0.5) is 5.69 Å². The Labute approximate surface area is 108 Å². The molecule has 1 unspecified atom stereocenters. The molecule has 1 aromatic carbocycles. The molecule has 4 nitrogen and oxygen atoms in total. The van der Waals surface area contributed by atoms with Gasteiger partial charge in [0, 0.05) is 12.2 Å².